The average Bonchev–Trinajstić information content (AvgIpc) is 3.20. The van der Waals surface area contributed by atoms with E-state index in [-0.39, 0.29) is 11.9 Å². The Morgan fingerprint density at radius 3 is 2.71 bits per heavy atom. The highest BCUT2D eigenvalue weighted by atomic mass is 32.2. The van der Waals surface area contributed by atoms with Gasteiger partial charge in [-0.1, -0.05) is 6.07 Å². The molecule has 24 heavy (non-hydrogen) atoms. The lowest BCUT2D eigenvalue weighted by Crippen LogP contribution is -2.29. The van der Waals surface area contributed by atoms with Crippen molar-refractivity contribution in [1.29, 1.82) is 0 Å². The summed E-state index contributed by atoms with van der Waals surface area (Å²) in [6.45, 7) is 2.44. The van der Waals surface area contributed by atoms with Crippen LogP contribution in [0.5, 0.6) is 0 Å². The first-order chi connectivity index (χ1) is 11.3. The molecule has 0 saturated heterocycles. The van der Waals surface area contributed by atoms with E-state index < -0.39 is 10.0 Å². The maximum atomic E-state index is 12.8. The molecule has 5 nitrogen and oxygen atoms in total. The lowest BCUT2D eigenvalue weighted by Gasteiger charge is -2.24. The van der Waals surface area contributed by atoms with Crippen LogP contribution in [0.15, 0.2) is 35.7 Å². The molecule has 2 heterocycles. The maximum absolute atomic E-state index is 12.8. The van der Waals surface area contributed by atoms with Gasteiger partial charge in [0, 0.05) is 24.0 Å². The van der Waals surface area contributed by atoms with Crippen LogP contribution in [0.25, 0.3) is 0 Å². The highest BCUT2D eigenvalue weighted by Crippen LogP contribution is 2.32. The predicted octanol–water partition coefficient (Wildman–Crippen LogP) is 2.90. The molecule has 0 fully saturated rings. The van der Waals surface area contributed by atoms with E-state index in [0.29, 0.717) is 24.2 Å². The highest BCUT2D eigenvalue weighted by Gasteiger charge is 2.27. The highest BCUT2D eigenvalue weighted by molar-refractivity contribution is 7.92. The lowest BCUT2D eigenvalue weighted by molar-refractivity contribution is 0.0745. The molecule has 2 aromatic rings. The fourth-order valence-corrected chi connectivity index (χ4v) is 4.73. The van der Waals surface area contributed by atoms with Crippen LogP contribution < -0.4 is 4.31 Å². The summed E-state index contributed by atoms with van der Waals surface area (Å²) in [6.07, 6.45) is 1.84. The van der Waals surface area contributed by atoms with Gasteiger partial charge in [-0.15, -0.1) is 11.3 Å². The normalized spacial score (nSPS) is 15.2. The molecule has 1 aromatic heterocycles. The molecular formula is C17H20N2O3S2. The van der Waals surface area contributed by atoms with Gasteiger partial charge in [-0.25, -0.2) is 8.42 Å². The molecule has 0 spiro atoms. The molecule has 0 bridgehead atoms. The number of hydrogen-bond donors (Lipinski definition) is 0. The molecule has 0 N–H and O–H groups in total. The molecule has 1 aromatic carbocycles. The minimum Gasteiger partial charge on any atom is -0.334 e. The first-order valence-electron chi connectivity index (χ1n) is 7.70. The minimum atomic E-state index is -3.27. The Bertz CT molecular complexity index is 860. The Balaban J connectivity index is 1.85. The van der Waals surface area contributed by atoms with Crippen LogP contribution in [-0.2, 0) is 16.4 Å². The van der Waals surface area contributed by atoms with E-state index in [4.69, 9.17) is 0 Å². The van der Waals surface area contributed by atoms with Crippen LogP contribution in [0.2, 0.25) is 0 Å². The molecular weight excluding hydrogens is 344 g/mol. The number of benzene rings is 1. The first kappa shape index (κ1) is 17.0. The summed E-state index contributed by atoms with van der Waals surface area (Å²) in [6, 6.07) is 9.26. The molecule has 0 saturated carbocycles. The zero-order valence-electron chi connectivity index (χ0n) is 13.9. The molecule has 1 amide bonds. The number of anilines is 1. The van der Waals surface area contributed by atoms with Gasteiger partial charge in [0.25, 0.3) is 5.91 Å². The van der Waals surface area contributed by atoms with Gasteiger partial charge in [0.2, 0.25) is 10.0 Å². The van der Waals surface area contributed by atoms with Crippen molar-refractivity contribution in [2.45, 2.75) is 19.4 Å². The van der Waals surface area contributed by atoms with E-state index in [2.05, 4.69) is 0 Å². The first-order valence-corrected chi connectivity index (χ1v) is 10.4. The fraction of sp³-hybridized carbons (Fsp3) is 0.353. The minimum absolute atomic E-state index is 0.00160. The Morgan fingerprint density at radius 1 is 1.33 bits per heavy atom. The Kier molecular flexibility index (Phi) is 4.40. The van der Waals surface area contributed by atoms with Crippen molar-refractivity contribution in [2.75, 3.05) is 24.2 Å². The molecule has 0 radical (unpaired) electrons. The second-order valence-corrected chi connectivity index (χ2v) is 8.92. The third-order valence-electron chi connectivity index (χ3n) is 4.44. The monoisotopic (exact) mass is 364 g/mol. The largest absolute Gasteiger partial charge is 0.334 e. The van der Waals surface area contributed by atoms with Crippen molar-refractivity contribution < 1.29 is 13.2 Å². The predicted molar refractivity (Wildman–Crippen MR) is 97.2 cm³/mol. The van der Waals surface area contributed by atoms with Gasteiger partial charge in [0.15, 0.2) is 0 Å². The summed E-state index contributed by atoms with van der Waals surface area (Å²) in [5.41, 5.74) is 2.18. The fourth-order valence-electron chi connectivity index (χ4n) is 2.95. The number of carbonyl (C=O) groups is 1. The van der Waals surface area contributed by atoms with Crippen molar-refractivity contribution in [3.63, 3.8) is 0 Å². The second kappa shape index (κ2) is 6.22. The molecule has 1 aliphatic heterocycles. The Morgan fingerprint density at radius 2 is 2.08 bits per heavy atom. The quantitative estimate of drug-likeness (QED) is 0.838. The Labute approximate surface area is 146 Å². The van der Waals surface area contributed by atoms with Gasteiger partial charge in [-0.05, 0) is 48.6 Å². The zero-order valence-corrected chi connectivity index (χ0v) is 15.5. The summed E-state index contributed by atoms with van der Waals surface area (Å²) in [4.78, 5) is 15.6. The topological polar surface area (TPSA) is 57.7 Å². The van der Waals surface area contributed by atoms with Crippen molar-refractivity contribution in [2.24, 2.45) is 0 Å². The zero-order chi connectivity index (χ0) is 17.5. The van der Waals surface area contributed by atoms with Crippen molar-refractivity contribution in [3.8, 4) is 0 Å². The van der Waals surface area contributed by atoms with Crippen molar-refractivity contribution >= 4 is 33.0 Å². The van der Waals surface area contributed by atoms with Crippen LogP contribution in [-0.4, -0.2) is 39.1 Å². The van der Waals surface area contributed by atoms with E-state index in [9.17, 15) is 13.2 Å². The number of rotatable bonds is 4. The van der Waals surface area contributed by atoms with Crippen LogP contribution in [0.3, 0.4) is 0 Å². The number of thiophene rings is 1. The van der Waals surface area contributed by atoms with E-state index in [1.54, 1.807) is 35.4 Å². The van der Waals surface area contributed by atoms with E-state index >= 15 is 0 Å². The smallest absolute Gasteiger partial charge is 0.254 e. The van der Waals surface area contributed by atoms with Gasteiger partial charge >= 0.3 is 0 Å². The lowest BCUT2D eigenvalue weighted by atomic mass is 10.1. The molecule has 1 aliphatic rings. The van der Waals surface area contributed by atoms with E-state index in [1.807, 2.05) is 30.5 Å². The molecule has 7 heteroatoms. The van der Waals surface area contributed by atoms with Crippen molar-refractivity contribution in [3.05, 3.63) is 51.7 Å². The summed E-state index contributed by atoms with van der Waals surface area (Å²) in [5, 5.41) is 2.00. The third-order valence-corrected chi connectivity index (χ3v) is 6.66. The van der Waals surface area contributed by atoms with Crippen molar-refractivity contribution in [1.82, 2.24) is 4.90 Å². The summed E-state index contributed by atoms with van der Waals surface area (Å²) in [5.74, 6) is -0.0588. The second-order valence-electron chi connectivity index (χ2n) is 6.04. The Hall–Kier alpha value is -1.86. The SMILES string of the molecule is C[C@H](c1cccs1)N(C)C(=O)c1ccc2c(c1)CCN2S(C)(=O)=O. The van der Waals surface area contributed by atoms with Gasteiger partial charge < -0.3 is 4.90 Å². The number of nitrogens with zero attached hydrogens (tertiary/aromatic N) is 2. The number of hydrogen-bond acceptors (Lipinski definition) is 4. The number of carbonyl (C=O) groups excluding carboxylic acids is 1. The molecule has 0 unspecified atom stereocenters. The van der Waals surface area contributed by atoms with Crippen LogP contribution in [0.1, 0.15) is 33.8 Å². The van der Waals surface area contributed by atoms with E-state index in [1.165, 1.54) is 10.6 Å². The van der Waals surface area contributed by atoms with Crippen LogP contribution >= 0.6 is 11.3 Å². The van der Waals surface area contributed by atoms with E-state index in [0.717, 1.165) is 10.4 Å². The maximum Gasteiger partial charge on any atom is 0.254 e. The summed E-state index contributed by atoms with van der Waals surface area (Å²) < 4.78 is 25.0. The van der Waals surface area contributed by atoms with Crippen LogP contribution in [0, 0.1) is 0 Å². The summed E-state index contributed by atoms with van der Waals surface area (Å²) >= 11 is 1.63. The van der Waals surface area contributed by atoms with Gasteiger partial charge in [-0.2, -0.15) is 0 Å². The molecule has 1 atom stereocenters. The average molecular weight is 364 g/mol. The van der Waals surface area contributed by atoms with Gasteiger partial charge in [-0.3, -0.25) is 9.10 Å². The van der Waals surface area contributed by atoms with Gasteiger partial charge in [0.05, 0.1) is 18.0 Å². The summed E-state index contributed by atoms with van der Waals surface area (Å²) in [7, 11) is -1.47. The number of sulfonamides is 1. The van der Waals surface area contributed by atoms with Gasteiger partial charge in [0.1, 0.15) is 0 Å². The molecule has 128 valence electrons. The van der Waals surface area contributed by atoms with Crippen LogP contribution in [0.4, 0.5) is 5.69 Å². The number of fused-ring (bicyclic) bond motifs is 1. The number of amides is 1. The molecule has 3 rings (SSSR count). The molecule has 0 aliphatic carbocycles. The third kappa shape index (κ3) is 3.06. The standard InChI is InChI=1S/C17H20N2O3S2/c1-12(16-5-4-10-23-16)18(2)17(20)14-6-7-15-13(11-14)8-9-19(15)24(3,21)22/h4-7,10-12H,8-9H2,1-3H3/t12-/m1/s1.